The topological polar surface area (TPSA) is 21.3 Å². The van der Waals surface area contributed by atoms with Crippen LogP contribution in [0.2, 0.25) is 10.0 Å². The van der Waals surface area contributed by atoms with Crippen molar-refractivity contribution in [3.8, 4) is 11.5 Å². The maximum Gasteiger partial charge on any atom is 0.147 e. The van der Waals surface area contributed by atoms with E-state index in [1.165, 1.54) is 12.8 Å². The number of hydrogen-bond donors (Lipinski definition) is 1. The average molecular weight is 308 g/mol. The van der Waals surface area contributed by atoms with Crippen LogP contribution in [0.1, 0.15) is 18.4 Å². The lowest BCUT2D eigenvalue weighted by Crippen LogP contribution is -2.15. The molecule has 1 aliphatic rings. The quantitative estimate of drug-likeness (QED) is 0.835. The van der Waals surface area contributed by atoms with Crippen LogP contribution in [0.3, 0.4) is 0 Å². The lowest BCUT2D eigenvalue weighted by atomic mass is 10.2. The van der Waals surface area contributed by atoms with Gasteiger partial charge in [-0.3, -0.25) is 0 Å². The van der Waals surface area contributed by atoms with Crippen LogP contribution in [0.25, 0.3) is 0 Å². The van der Waals surface area contributed by atoms with Gasteiger partial charge in [0, 0.05) is 29.2 Å². The van der Waals surface area contributed by atoms with Crippen molar-refractivity contribution in [2.75, 3.05) is 0 Å². The first-order valence-electron chi connectivity index (χ1n) is 6.66. The van der Waals surface area contributed by atoms with Gasteiger partial charge in [0.1, 0.15) is 11.5 Å². The molecule has 0 aliphatic heterocycles. The van der Waals surface area contributed by atoms with Gasteiger partial charge in [-0.25, -0.2) is 0 Å². The van der Waals surface area contributed by atoms with Gasteiger partial charge in [-0.05, 0) is 31.0 Å². The number of benzene rings is 2. The van der Waals surface area contributed by atoms with Gasteiger partial charge in [0.2, 0.25) is 0 Å². The zero-order valence-corrected chi connectivity index (χ0v) is 12.4. The van der Waals surface area contributed by atoms with Gasteiger partial charge in [-0.1, -0.05) is 41.4 Å². The fourth-order valence-electron chi connectivity index (χ4n) is 1.97. The zero-order valence-electron chi connectivity index (χ0n) is 10.9. The Labute approximate surface area is 128 Å². The largest absolute Gasteiger partial charge is 0.455 e. The minimum absolute atomic E-state index is 0.555. The maximum absolute atomic E-state index is 6.14. The highest BCUT2D eigenvalue weighted by atomic mass is 35.5. The van der Waals surface area contributed by atoms with E-state index in [0.717, 1.165) is 17.9 Å². The van der Waals surface area contributed by atoms with Crippen LogP contribution in [-0.2, 0) is 6.54 Å². The van der Waals surface area contributed by atoms with Crippen molar-refractivity contribution in [2.24, 2.45) is 0 Å². The molecule has 1 N–H and O–H groups in total. The van der Waals surface area contributed by atoms with Crippen LogP contribution in [0.4, 0.5) is 0 Å². The Kier molecular flexibility index (Phi) is 4.16. The minimum atomic E-state index is 0.555. The zero-order chi connectivity index (χ0) is 13.9. The SMILES string of the molecule is Clc1ccc(Cl)c(Oc2ccccc2CNC2CC2)c1. The predicted octanol–water partition coefficient (Wildman–Crippen LogP) is 5.04. The van der Waals surface area contributed by atoms with Crippen molar-refractivity contribution in [3.05, 3.63) is 58.1 Å². The molecule has 4 heteroatoms. The highest BCUT2D eigenvalue weighted by molar-refractivity contribution is 6.34. The molecule has 104 valence electrons. The Morgan fingerprint density at radius 3 is 2.65 bits per heavy atom. The van der Waals surface area contributed by atoms with Crippen molar-refractivity contribution in [1.82, 2.24) is 5.32 Å². The minimum Gasteiger partial charge on any atom is -0.455 e. The first-order chi connectivity index (χ1) is 9.72. The van der Waals surface area contributed by atoms with Gasteiger partial charge >= 0.3 is 0 Å². The third kappa shape index (κ3) is 3.45. The Balaban J connectivity index is 1.80. The van der Waals surface area contributed by atoms with E-state index in [4.69, 9.17) is 27.9 Å². The summed E-state index contributed by atoms with van der Waals surface area (Å²) < 4.78 is 5.92. The van der Waals surface area contributed by atoms with Gasteiger partial charge in [-0.15, -0.1) is 0 Å². The fourth-order valence-corrected chi connectivity index (χ4v) is 2.28. The third-order valence-electron chi connectivity index (χ3n) is 3.24. The maximum atomic E-state index is 6.14. The molecule has 0 amide bonds. The molecule has 0 heterocycles. The molecule has 0 aromatic heterocycles. The first kappa shape index (κ1) is 13.7. The summed E-state index contributed by atoms with van der Waals surface area (Å²) in [7, 11) is 0. The molecule has 0 bridgehead atoms. The van der Waals surface area contributed by atoms with E-state index in [2.05, 4.69) is 11.4 Å². The Morgan fingerprint density at radius 1 is 1.05 bits per heavy atom. The second-order valence-corrected chi connectivity index (χ2v) is 5.78. The lowest BCUT2D eigenvalue weighted by Gasteiger charge is -2.13. The lowest BCUT2D eigenvalue weighted by molar-refractivity contribution is 0.473. The molecular formula is C16H15Cl2NO. The van der Waals surface area contributed by atoms with Gasteiger partial charge in [0.25, 0.3) is 0 Å². The van der Waals surface area contributed by atoms with Crippen molar-refractivity contribution in [3.63, 3.8) is 0 Å². The summed E-state index contributed by atoms with van der Waals surface area (Å²) in [5.41, 5.74) is 1.12. The molecular weight excluding hydrogens is 293 g/mol. The fraction of sp³-hybridized carbons (Fsp3) is 0.250. The van der Waals surface area contributed by atoms with Crippen LogP contribution in [0.15, 0.2) is 42.5 Å². The van der Waals surface area contributed by atoms with E-state index in [9.17, 15) is 0 Å². The van der Waals surface area contributed by atoms with Crippen LogP contribution in [0.5, 0.6) is 11.5 Å². The predicted molar refractivity (Wildman–Crippen MR) is 82.8 cm³/mol. The van der Waals surface area contributed by atoms with E-state index in [-0.39, 0.29) is 0 Å². The van der Waals surface area contributed by atoms with Crippen LogP contribution >= 0.6 is 23.2 Å². The summed E-state index contributed by atoms with van der Waals surface area (Å²) in [5.74, 6) is 1.39. The van der Waals surface area contributed by atoms with Gasteiger partial charge in [-0.2, -0.15) is 0 Å². The summed E-state index contributed by atoms with van der Waals surface area (Å²) in [6.45, 7) is 0.805. The molecule has 2 aromatic carbocycles. The Bertz CT molecular complexity index is 611. The molecule has 0 radical (unpaired) electrons. The highest BCUT2D eigenvalue weighted by Crippen LogP contribution is 2.33. The number of rotatable bonds is 5. The number of para-hydroxylation sites is 1. The average Bonchev–Trinajstić information content (AvgIpc) is 3.26. The first-order valence-corrected chi connectivity index (χ1v) is 7.42. The second-order valence-electron chi connectivity index (χ2n) is 4.94. The molecule has 0 saturated heterocycles. The van der Waals surface area contributed by atoms with Gasteiger partial charge < -0.3 is 10.1 Å². The summed E-state index contributed by atoms with van der Waals surface area (Å²) in [4.78, 5) is 0. The van der Waals surface area contributed by atoms with Crippen LogP contribution < -0.4 is 10.1 Å². The molecule has 2 aromatic rings. The molecule has 20 heavy (non-hydrogen) atoms. The monoisotopic (exact) mass is 307 g/mol. The molecule has 2 nitrogen and oxygen atoms in total. The van der Waals surface area contributed by atoms with Gasteiger partial charge in [0.15, 0.2) is 0 Å². The summed E-state index contributed by atoms with van der Waals surface area (Å²) in [5, 5.41) is 4.65. The summed E-state index contributed by atoms with van der Waals surface area (Å²) in [6.07, 6.45) is 2.53. The smallest absolute Gasteiger partial charge is 0.147 e. The molecule has 0 spiro atoms. The Hall–Kier alpha value is -1.22. The highest BCUT2D eigenvalue weighted by Gasteiger charge is 2.20. The van der Waals surface area contributed by atoms with E-state index >= 15 is 0 Å². The van der Waals surface area contributed by atoms with Crippen molar-refractivity contribution < 1.29 is 4.74 Å². The summed E-state index contributed by atoms with van der Waals surface area (Å²) >= 11 is 12.1. The molecule has 3 rings (SSSR count). The summed E-state index contributed by atoms with van der Waals surface area (Å²) in [6, 6.07) is 13.9. The molecule has 1 aliphatic carbocycles. The van der Waals surface area contributed by atoms with E-state index < -0.39 is 0 Å². The normalized spacial score (nSPS) is 14.3. The number of ether oxygens (including phenoxy) is 1. The molecule has 0 unspecified atom stereocenters. The van der Waals surface area contributed by atoms with E-state index in [1.54, 1.807) is 18.2 Å². The Morgan fingerprint density at radius 2 is 1.85 bits per heavy atom. The number of halogens is 2. The van der Waals surface area contributed by atoms with E-state index in [0.29, 0.717) is 21.8 Å². The van der Waals surface area contributed by atoms with E-state index in [1.807, 2.05) is 18.2 Å². The van der Waals surface area contributed by atoms with Gasteiger partial charge in [0.05, 0.1) is 5.02 Å². The molecule has 1 fully saturated rings. The standard InChI is InChI=1S/C16H15Cl2NO/c17-12-5-8-14(18)16(9-12)20-15-4-2-1-3-11(15)10-19-13-6-7-13/h1-5,8-9,13,19H,6-7,10H2. The number of hydrogen-bond acceptors (Lipinski definition) is 2. The van der Waals surface area contributed by atoms with Crippen molar-refractivity contribution in [2.45, 2.75) is 25.4 Å². The van der Waals surface area contributed by atoms with Crippen molar-refractivity contribution >= 4 is 23.2 Å². The van der Waals surface area contributed by atoms with Crippen molar-refractivity contribution in [1.29, 1.82) is 0 Å². The third-order valence-corrected chi connectivity index (χ3v) is 3.79. The molecule has 1 saturated carbocycles. The van der Waals surface area contributed by atoms with Crippen LogP contribution in [-0.4, -0.2) is 6.04 Å². The molecule has 0 atom stereocenters. The number of nitrogens with one attached hydrogen (secondary N) is 1. The second kappa shape index (κ2) is 6.04. The van der Waals surface area contributed by atoms with Crippen LogP contribution in [0, 0.1) is 0 Å².